The molecule has 1 amide bonds. The minimum absolute atomic E-state index is 0.0388. The number of aromatic hydroxyl groups is 1. The number of Topliss-reactive ketones (excluding diaryl/α,β-unsaturated/α-hetero) is 2. The van der Waals surface area contributed by atoms with Crippen molar-refractivity contribution in [3.63, 3.8) is 0 Å². The summed E-state index contributed by atoms with van der Waals surface area (Å²) < 4.78 is 0. The number of benzene rings is 1. The highest BCUT2D eigenvalue weighted by molar-refractivity contribution is 6.24. The van der Waals surface area contributed by atoms with E-state index in [0.717, 1.165) is 5.69 Å². The molecule has 0 heterocycles. The third-order valence-corrected chi connectivity index (χ3v) is 8.04. The Labute approximate surface area is 226 Å². The van der Waals surface area contributed by atoms with E-state index in [4.69, 9.17) is 11.5 Å². The highest BCUT2D eigenvalue weighted by Crippen LogP contribution is 2.54. The Hall–Kier alpha value is -3.45. The number of nitrogens with two attached hydrogens (primary N) is 2. The van der Waals surface area contributed by atoms with Crippen LogP contribution >= 0.6 is 0 Å². The van der Waals surface area contributed by atoms with E-state index in [1.54, 1.807) is 14.1 Å². The number of nitrogens with zero attached hydrogens (tertiary/aromatic N) is 2. The molecule has 12 heteroatoms. The van der Waals surface area contributed by atoms with Gasteiger partial charge in [-0.3, -0.25) is 19.3 Å². The standard InChI is InChI=1S/C27H37N5O7/c1-11(28)9-30-10-13-8-16(31(2)3)14-6-12-7-15-20(32(4)5)23(35)19(26(29)38)25(37)27(15,39)24(36)17(12)22(34)18(14)21(13)33/h8,11-12,15,20,30,33-34,37,39H,6-7,9-10,28H2,1-5H3,(H2,29,38)/t11?,12?,15-,20?,27-/m0/s1. The first-order valence-corrected chi connectivity index (χ1v) is 12.8. The fourth-order valence-electron chi connectivity index (χ4n) is 6.31. The van der Waals surface area contributed by atoms with Gasteiger partial charge in [-0.25, -0.2) is 0 Å². The molecule has 1 aromatic carbocycles. The number of nitrogens with one attached hydrogen (secondary N) is 1. The molecule has 3 aliphatic rings. The van der Waals surface area contributed by atoms with Gasteiger partial charge in [-0.2, -0.15) is 0 Å². The zero-order valence-corrected chi connectivity index (χ0v) is 22.8. The molecule has 5 atom stereocenters. The molecule has 1 fully saturated rings. The van der Waals surface area contributed by atoms with E-state index in [1.165, 1.54) is 4.90 Å². The third kappa shape index (κ3) is 4.27. The van der Waals surface area contributed by atoms with Crippen LogP contribution in [-0.2, 0) is 27.3 Å². The van der Waals surface area contributed by atoms with Gasteiger partial charge in [0, 0.05) is 56.0 Å². The van der Waals surface area contributed by atoms with Crippen LogP contribution in [0.3, 0.4) is 0 Å². The van der Waals surface area contributed by atoms with Crippen LogP contribution in [0.2, 0.25) is 0 Å². The number of primary amides is 1. The normalized spacial score (nSPS) is 27.3. The Bertz CT molecular complexity index is 1320. The third-order valence-electron chi connectivity index (χ3n) is 8.04. The first-order chi connectivity index (χ1) is 18.1. The number of fused-ring (bicyclic) bond motifs is 3. The van der Waals surface area contributed by atoms with Gasteiger partial charge in [0.05, 0.1) is 11.6 Å². The summed E-state index contributed by atoms with van der Waals surface area (Å²) in [6.45, 7) is 2.56. The second-order valence-electron chi connectivity index (χ2n) is 11.2. The molecule has 212 valence electrons. The number of anilines is 1. The SMILES string of the molecule is CC(N)CNCc1cc(N(C)C)c2c(c1O)C(O)=C1C(=O)[C@]3(O)C(O)=C(C(N)=O)C(=O)C(N(C)C)[C@@H]3CC1C2. The Morgan fingerprint density at radius 2 is 1.85 bits per heavy atom. The maximum atomic E-state index is 14.0. The highest BCUT2D eigenvalue weighted by atomic mass is 16.3. The number of phenolic OH excluding ortho intramolecular Hbond substituents is 1. The summed E-state index contributed by atoms with van der Waals surface area (Å²) in [5, 5.41) is 48.6. The van der Waals surface area contributed by atoms with Gasteiger partial charge in [0.15, 0.2) is 11.4 Å². The van der Waals surface area contributed by atoms with E-state index in [0.29, 0.717) is 17.7 Å². The number of hydrogen-bond acceptors (Lipinski definition) is 11. The molecule has 39 heavy (non-hydrogen) atoms. The number of amides is 1. The molecule has 4 rings (SSSR count). The zero-order chi connectivity index (χ0) is 29.1. The number of carbonyl (C=O) groups is 3. The molecular weight excluding hydrogens is 506 g/mol. The van der Waals surface area contributed by atoms with E-state index in [1.807, 2.05) is 32.0 Å². The topological polar surface area (TPSA) is 203 Å². The molecule has 0 bridgehead atoms. The predicted octanol–water partition coefficient (Wildman–Crippen LogP) is -0.533. The lowest BCUT2D eigenvalue weighted by atomic mass is 9.57. The Kier molecular flexibility index (Phi) is 7.28. The van der Waals surface area contributed by atoms with Gasteiger partial charge in [-0.05, 0) is 51.4 Å². The first kappa shape index (κ1) is 28.6. The van der Waals surface area contributed by atoms with Crippen molar-refractivity contribution in [2.75, 3.05) is 39.6 Å². The van der Waals surface area contributed by atoms with Crippen LogP contribution in [-0.4, -0.2) is 95.2 Å². The zero-order valence-electron chi connectivity index (χ0n) is 22.8. The Morgan fingerprint density at radius 3 is 2.38 bits per heavy atom. The number of phenols is 1. The summed E-state index contributed by atoms with van der Waals surface area (Å²) in [6.07, 6.45) is 0.264. The molecule has 0 saturated heterocycles. The molecule has 12 nitrogen and oxygen atoms in total. The van der Waals surface area contributed by atoms with Crippen LogP contribution in [0.5, 0.6) is 5.75 Å². The van der Waals surface area contributed by atoms with Gasteiger partial charge in [-0.15, -0.1) is 0 Å². The fourth-order valence-corrected chi connectivity index (χ4v) is 6.31. The van der Waals surface area contributed by atoms with E-state index in [-0.39, 0.29) is 42.3 Å². The van der Waals surface area contributed by atoms with Crippen molar-refractivity contribution in [1.82, 2.24) is 10.2 Å². The van der Waals surface area contributed by atoms with E-state index < -0.39 is 58.0 Å². The minimum Gasteiger partial charge on any atom is -0.508 e. The minimum atomic E-state index is -2.67. The molecule has 0 radical (unpaired) electrons. The molecule has 9 N–H and O–H groups in total. The van der Waals surface area contributed by atoms with E-state index >= 15 is 0 Å². The van der Waals surface area contributed by atoms with Crippen molar-refractivity contribution >= 4 is 28.9 Å². The lowest BCUT2D eigenvalue weighted by Gasteiger charge is -2.50. The van der Waals surface area contributed by atoms with E-state index in [9.17, 15) is 34.8 Å². The first-order valence-electron chi connectivity index (χ1n) is 12.8. The Morgan fingerprint density at radius 1 is 1.21 bits per heavy atom. The van der Waals surface area contributed by atoms with Crippen molar-refractivity contribution < 1.29 is 34.8 Å². The van der Waals surface area contributed by atoms with Crippen LogP contribution < -0.4 is 21.7 Å². The van der Waals surface area contributed by atoms with E-state index in [2.05, 4.69) is 5.32 Å². The van der Waals surface area contributed by atoms with Crippen LogP contribution in [0.25, 0.3) is 5.76 Å². The van der Waals surface area contributed by atoms with Crippen molar-refractivity contribution in [2.45, 2.75) is 44.0 Å². The second kappa shape index (κ2) is 9.94. The average Bonchev–Trinajstić information content (AvgIpc) is 2.81. The van der Waals surface area contributed by atoms with Gasteiger partial charge in [-0.1, -0.05) is 0 Å². The molecule has 0 aliphatic heterocycles. The number of hydrogen-bond donors (Lipinski definition) is 7. The van der Waals surface area contributed by atoms with Crippen molar-refractivity contribution in [1.29, 1.82) is 0 Å². The highest BCUT2D eigenvalue weighted by Gasteiger charge is 2.64. The maximum Gasteiger partial charge on any atom is 0.255 e. The van der Waals surface area contributed by atoms with Gasteiger partial charge in [0.1, 0.15) is 22.8 Å². The summed E-state index contributed by atoms with van der Waals surface area (Å²) >= 11 is 0. The van der Waals surface area contributed by atoms with Crippen LogP contribution in [0, 0.1) is 11.8 Å². The molecule has 1 aromatic rings. The lowest BCUT2D eigenvalue weighted by molar-refractivity contribution is -0.153. The molecule has 0 spiro atoms. The predicted molar refractivity (Wildman–Crippen MR) is 144 cm³/mol. The fraction of sp³-hybridized carbons (Fsp3) is 0.519. The van der Waals surface area contributed by atoms with Crippen LogP contribution in [0.1, 0.15) is 30.0 Å². The maximum absolute atomic E-state index is 14.0. The number of aliphatic hydroxyl groups is 3. The number of likely N-dealkylation sites (N-methyl/N-ethyl adjacent to an activating group) is 1. The smallest absolute Gasteiger partial charge is 0.255 e. The molecule has 0 aromatic heterocycles. The summed E-state index contributed by atoms with van der Waals surface area (Å²) in [4.78, 5) is 42.6. The van der Waals surface area contributed by atoms with Gasteiger partial charge < -0.3 is 42.1 Å². The average molecular weight is 544 g/mol. The van der Waals surface area contributed by atoms with Crippen LogP contribution in [0.15, 0.2) is 23.0 Å². The van der Waals surface area contributed by atoms with Crippen LogP contribution in [0.4, 0.5) is 5.69 Å². The van der Waals surface area contributed by atoms with Crippen molar-refractivity contribution in [2.24, 2.45) is 23.3 Å². The quantitative estimate of drug-likeness (QED) is 0.218. The Balaban J connectivity index is 1.93. The number of rotatable bonds is 7. The lowest BCUT2D eigenvalue weighted by Crippen LogP contribution is -2.65. The molecular formula is C27H37N5O7. The molecule has 3 unspecified atom stereocenters. The van der Waals surface area contributed by atoms with Crippen molar-refractivity contribution in [3.8, 4) is 5.75 Å². The van der Waals surface area contributed by atoms with Gasteiger partial charge in [0.2, 0.25) is 5.78 Å². The molecule has 3 aliphatic carbocycles. The number of carbonyl (C=O) groups excluding carboxylic acids is 3. The summed E-state index contributed by atoms with van der Waals surface area (Å²) in [5.41, 5.74) is 9.38. The number of ketones is 2. The summed E-state index contributed by atoms with van der Waals surface area (Å²) in [6, 6.07) is 0.562. The summed E-state index contributed by atoms with van der Waals surface area (Å²) in [7, 11) is 6.78. The second-order valence-corrected chi connectivity index (χ2v) is 11.2. The van der Waals surface area contributed by atoms with Gasteiger partial charge >= 0.3 is 0 Å². The molecule has 1 saturated carbocycles. The van der Waals surface area contributed by atoms with Crippen molar-refractivity contribution in [3.05, 3.63) is 39.7 Å². The summed E-state index contributed by atoms with van der Waals surface area (Å²) in [5.74, 6) is -6.67. The largest absolute Gasteiger partial charge is 0.508 e. The number of aliphatic hydroxyl groups excluding tert-OH is 2. The van der Waals surface area contributed by atoms with Gasteiger partial charge in [0.25, 0.3) is 5.91 Å². The monoisotopic (exact) mass is 543 g/mol.